The van der Waals surface area contributed by atoms with E-state index < -0.39 is 23.9 Å². The minimum atomic E-state index is -4.63. The lowest BCUT2D eigenvalue weighted by atomic mass is 10.0. The van der Waals surface area contributed by atoms with Crippen molar-refractivity contribution >= 4 is 22.6 Å². The fourth-order valence-corrected chi connectivity index (χ4v) is 2.23. The number of H-pyrrole nitrogens is 1. The first-order chi connectivity index (χ1) is 10.9. The van der Waals surface area contributed by atoms with Crippen molar-refractivity contribution in [3.8, 4) is 0 Å². The van der Waals surface area contributed by atoms with Crippen LogP contribution in [0.3, 0.4) is 0 Å². The maximum Gasteiger partial charge on any atom is 0.451 e. The number of carbonyl (C=O) groups is 1. The van der Waals surface area contributed by atoms with Crippen LogP contribution in [0.5, 0.6) is 0 Å². The minimum Gasteiger partial charge on any atom is -0.293 e. The summed E-state index contributed by atoms with van der Waals surface area (Å²) in [6.45, 7) is 0. The van der Waals surface area contributed by atoms with Crippen molar-refractivity contribution in [2.75, 3.05) is 5.32 Å². The number of alkyl halides is 3. The Labute approximate surface area is 128 Å². The zero-order chi connectivity index (χ0) is 16.4. The summed E-state index contributed by atoms with van der Waals surface area (Å²) in [5, 5.41) is 9.23. The molecule has 0 atom stereocenters. The van der Waals surface area contributed by atoms with Gasteiger partial charge in [-0.25, -0.2) is 0 Å². The summed E-state index contributed by atoms with van der Waals surface area (Å²) in [6.07, 6.45) is -4.62. The predicted octanol–water partition coefficient (Wildman–Crippen LogP) is 3.16. The Hall–Kier alpha value is -2.90. The highest BCUT2D eigenvalue weighted by molar-refractivity contribution is 5.95. The molecule has 23 heavy (non-hydrogen) atoms. The first-order valence-corrected chi connectivity index (χ1v) is 6.69. The third kappa shape index (κ3) is 3.31. The van der Waals surface area contributed by atoms with Crippen molar-refractivity contribution in [1.82, 2.24) is 15.2 Å². The second-order valence-corrected chi connectivity index (χ2v) is 4.87. The molecule has 0 spiro atoms. The Morgan fingerprint density at radius 1 is 1.13 bits per heavy atom. The smallest absolute Gasteiger partial charge is 0.293 e. The lowest BCUT2D eigenvalue weighted by Crippen LogP contribution is -2.16. The van der Waals surface area contributed by atoms with Crippen molar-refractivity contribution in [2.45, 2.75) is 12.6 Å². The van der Waals surface area contributed by atoms with E-state index in [2.05, 4.69) is 15.4 Å². The molecule has 0 aliphatic heterocycles. The first-order valence-electron chi connectivity index (χ1n) is 6.69. The number of aromatic amines is 1. The summed E-state index contributed by atoms with van der Waals surface area (Å²) in [5.74, 6) is -2.14. The summed E-state index contributed by atoms with van der Waals surface area (Å²) >= 11 is 0. The maximum absolute atomic E-state index is 12.4. The summed E-state index contributed by atoms with van der Waals surface area (Å²) in [4.78, 5) is 15.2. The van der Waals surface area contributed by atoms with E-state index in [1.54, 1.807) is 11.2 Å². The molecule has 0 radical (unpaired) electrons. The van der Waals surface area contributed by atoms with Gasteiger partial charge in [0.05, 0.1) is 6.42 Å². The number of nitrogens with zero attached hydrogens (tertiary/aromatic N) is 2. The van der Waals surface area contributed by atoms with Gasteiger partial charge in [-0.15, -0.1) is 5.10 Å². The number of benzene rings is 2. The van der Waals surface area contributed by atoms with Gasteiger partial charge in [0.2, 0.25) is 17.7 Å². The van der Waals surface area contributed by atoms with Crippen LogP contribution in [0.4, 0.5) is 19.1 Å². The zero-order valence-electron chi connectivity index (χ0n) is 11.7. The highest BCUT2D eigenvalue weighted by atomic mass is 19.4. The topological polar surface area (TPSA) is 70.7 Å². The molecule has 1 heterocycles. The average Bonchev–Trinajstić information content (AvgIpc) is 2.96. The van der Waals surface area contributed by atoms with Crippen LogP contribution in [-0.4, -0.2) is 21.1 Å². The van der Waals surface area contributed by atoms with Gasteiger partial charge in [0.1, 0.15) is 0 Å². The van der Waals surface area contributed by atoms with Crippen LogP contribution in [0.1, 0.15) is 11.4 Å². The predicted molar refractivity (Wildman–Crippen MR) is 77.7 cm³/mol. The standard InChI is InChI=1S/C15H11F3N4O/c16-15(17,18)13-20-14(22-21-13)19-12(23)8-10-6-3-5-9-4-1-2-7-11(9)10/h1-7H,8H2,(H2,19,20,21,22,23). The van der Waals surface area contributed by atoms with Gasteiger partial charge in [0.15, 0.2) is 0 Å². The Morgan fingerprint density at radius 3 is 2.61 bits per heavy atom. The number of fused-ring (bicyclic) bond motifs is 1. The molecule has 0 saturated heterocycles. The number of hydrogen-bond donors (Lipinski definition) is 2. The van der Waals surface area contributed by atoms with Gasteiger partial charge < -0.3 is 0 Å². The van der Waals surface area contributed by atoms with Crippen LogP contribution in [-0.2, 0) is 17.4 Å². The molecule has 3 aromatic rings. The number of rotatable bonds is 3. The van der Waals surface area contributed by atoms with Crippen LogP contribution < -0.4 is 5.32 Å². The monoisotopic (exact) mass is 320 g/mol. The van der Waals surface area contributed by atoms with Crippen molar-refractivity contribution in [2.24, 2.45) is 0 Å². The third-order valence-electron chi connectivity index (χ3n) is 3.24. The maximum atomic E-state index is 12.4. The molecule has 0 bridgehead atoms. The van der Waals surface area contributed by atoms with Crippen LogP contribution in [0.25, 0.3) is 10.8 Å². The van der Waals surface area contributed by atoms with Gasteiger partial charge in [-0.3, -0.25) is 15.2 Å². The van der Waals surface area contributed by atoms with Crippen LogP contribution in [0.15, 0.2) is 42.5 Å². The number of hydrogen-bond acceptors (Lipinski definition) is 3. The number of carbonyl (C=O) groups excluding carboxylic acids is 1. The van der Waals surface area contributed by atoms with E-state index in [-0.39, 0.29) is 6.42 Å². The van der Waals surface area contributed by atoms with Crippen LogP contribution >= 0.6 is 0 Å². The molecule has 0 aliphatic rings. The molecule has 2 aromatic carbocycles. The van der Waals surface area contributed by atoms with Crippen LogP contribution in [0, 0.1) is 0 Å². The van der Waals surface area contributed by atoms with Gasteiger partial charge in [0, 0.05) is 0 Å². The van der Waals surface area contributed by atoms with Gasteiger partial charge in [-0.2, -0.15) is 18.2 Å². The lowest BCUT2D eigenvalue weighted by Gasteiger charge is -2.06. The van der Waals surface area contributed by atoms with Gasteiger partial charge in [-0.05, 0) is 16.3 Å². The normalized spacial score (nSPS) is 11.6. The van der Waals surface area contributed by atoms with Crippen LogP contribution in [0.2, 0.25) is 0 Å². The van der Waals surface area contributed by atoms with E-state index in [9.17, 15) is 18.0 Å². The molecular weight excluding hydrogens is 309 g/mol. The molecule has 0 aliphatic carbocycles. The molecule has 1 aromatic heterocycles. The van der Waals surface area contributed by atoms with E-state index in [4.69, 9.17) is 0 Å². The largest absolute Gasteiger partial charge is 0.451 e. The highest BCUT2D eigenvalue weighted by Gasteiger charge is 2.35. The zero-order valence-corrected chi connectivity index (χ0v) is 11.7. The lowest BCUT2D eigenvalue weighted by molar-refractivity contribution is -0.144. The Bertz CT molecular complexity index is 852. The molecule has 8 heteroatoms. The Balaban J connectivity index is 1.75. The third-order valence-corrected chi connectivity index (χ3v) is 3.24. The van der Waals surface area contributed by atoms with E-state index in [0.717, 1.165) is 16.3 Å². The fraction of sp³-hybridized carbons (Fsp3) is 0.133. The molecule has 0 saturated carbocycles. The quantitative estimate of drug-likeness (QED) is 0.779. The van der Waals surface area contributed by atoms with Crippen molar-refractivity contribution in [3.63, 3.8) is 0 Å². The minimum absolute atomic E-state index is 0.0112. The second kappa shape index (κ2) is 5.71. The molecule has 0 fully saturated rings. The fourth-order valence-electron chi connectivity index (χ4n) is 2.23. The number of aromatic nitrogens is 3. The number of amides is 1. The van der Waals surface area contributed by atoms with Gasteiger partial charge in [-0.1, -0.05) is 42.5 Å². The van der Waals surface area contributed by atoms with E-state index in [0.29, 0.717) is 0 Å². The van der Waals surface area contributed by atoms with Crippen molar-refractivity contribution < 1.29 is 18.0 Å². The SMILES string of the molecule is O=C(Cc1cccc2ccccc12)Nc1n[nH]c(C(F)(F)F)n1. The molecule has 3 rings (SSSR count). The van der Waals surface area contributed by atoms with Crippen molar-refractivity contribution in [3.05, 3.63) is 53.9 Å². The summed E-state index contributed by atoms with van der Waals surface area (Å²) < 4.78 is 37.2. The van der Waals surface area contributed by atoms with E-state index in [1.165, 1.54) is 0 Å². The van der Waals surface area contributed by atoms with E-state index >= 15 is 0 Å². The molecule has 1 amide bonds. The summed E-state index contributed by atoms with van der Waals surface area (Å²) in [6, 6.07) is 13.1. The number of halogens is 3. The molecule has 118 valence electrons. The number of nitrogens with one attached hydrogen (secondary N) is 2. The molecular formula is C15H11F3N4O. The van der Waals surface area contributed by atoms with Gasteiger partial charge >= 0.3 is 6.18 Å². The molecule has 0 unspecified atom stereocenters. The van der Waals surface area contributed by atoms with E-state index in [1.807, 2.05) is 36.4 Å². The Kier molecular flexibility index (Phi) is 3.73. The number of anilines is 1. The second-order valence-electron chi connectivity index (χ2n) is 4.87. The highest BCUT2D eigenvalue weighted by Crippen LogP contribution is 2.26. The Morgan fingerprint density at radius 2 is 1.87 bits per heavy atom. The summed E-state index contributed by atoms with van der Waals surface area (Å²) in [5.41, 5.74) is 0.771. The van der Waals surface area contributed by atoms with Gasteiger partial charge in [0.25, 0.3) is 0 Å². The summed E-state index contributed by atoms with van der Waals surface area (Å²) in [7, 11) is 0. The average molecular weight is 320 g/mol. The first kappa shape index (κ1) is 15.0. The molecule has 5 nitrogen and oxygen atoms in total. The molecule has 2 N–H and O–H groups in total. The van der Waals surface area contributed by atoms with Crippen molar-refractivity contribution in [1.29, 1.82) is 0 Å².